The third kappa shape index (κ3) is 4.34. The summed E-state index contributed by atoms with van der Waals surface area (Å²) in [6, 6.07) is 5.68. The van der Waals surface area contributed by atoms with E-state index in [9.17, 15) is 0 Å². The molecule has 1 rings (SSSR count). The van der Waals surface area contributed by atoms with Gasteiger partial charge in [-0.1, -0.05) is 38.3 Å². The zero-order chi connectivity index (χ0) is 12.0. The maximum atomic E-state index is 5.92. The summed E-state index contributed by atoms with van der Waals surface area (Å²) in [6.45, 7) is 5.21. The van der Waals surface area contributed by atoms with Gasteiger partial charge in [-0.25, -0.2) is 0 Å². The van der Waals surface area contributed by atoms with Crippen LogP contribution in [0, 0.1) is 5.92 Å². The average Bonchev–Trinajstić information content (AvgIpc) is 2.28. The van der Waals surface area contributed by atoms with Crippen LogP contribution < -0.4 is 4.74 Å². The van der Waals surface area contributed by atoms with E-state index < -0.39 is 0 Å². The number of benzene rings is 1. The lowest BCUT2D eigenvalue weighted by molar-refractivity contribution is 0.235. The molecule has 90 valence electrons. The third-order valence-electron chi connectivity index (χ3n) is 2.65. The van der Waals surface area contributed by atoms with Gasteiger partial charge in [-0.05, 0) is 46.5 Å². The zero-order valence-electron chi connectivity index (χ0n) is 9.80. The summed E-state index contributed by atoms with van der Waals surface area (Å²) in [6.07, 6.45) is 3.61. The first-order valence-electron chi connectivity index (χ1n) is 5.75. The molecular formula is C13H18BrClO. The average molecular weight is 306 g/mol. The summed E-state index contributed by atoms with van der Waals surface area (Å²) < 4.78 is 6.64. The first kappa shape index (κ1) is 13.9. The van der Waals surface area contributed by atoms with E-state index in [2.05, 4.69) is 29.8 Å². The Labute approximate surface area is 111 Å². The minimum atomic E-state index is 0.652. The fourth-order valence-corrected chi connectivity index (χ4v) is 2.07. The van der Waals surface area contributed by atoms with Crippen molar-refractivity contribution in [2.75, 3.05) is 6.61 Å². The highest BCUT2D eigenvalue weighted by molar-refractivity contribution is 9.10. The topological polar surface area (TPSA) is 9.23 Å². The molecule has 1 unspecified atom stereocenters. The molecule has 0 bridgehead atoms. The molecule has 0 saturated heterocycles. The summed E-state index contributed by atoms with van der Waals surface area (Å²) >= 11 is 9.31. The molecule has 1 aromatic rings. The maximum absolute atomic E-state index is 5.92. The molecule has 1 atom stereocenters. The van der Waals surface area contributed by atoms with Crippen molar-refractivity contribution in [3.8, 4) is 5.75 Å². The van der Waals surface area contributed by atoms with Crippen molar-refractivity contribution in [1.82, 2.24) is 0 Å². The second-order valence-electron chi connectivity index (χ2n) is 3.95. The van der Waals surface area contributed by atoms with E-state index in [0.29, 0.717) is 10.9 Å². The van der Waals surface area contributed by atoms with E-state index in [0.717, 1.165) is 16.8 Å². The van der Waals surface area contributed by atoms with Gasteiger partial charge in [-0.3, -0.25) is 0 Å². The molecule has 0 heterocycles. The Morgan fingerprint density at radius 3 is 2.69 bits per heavy atom. The second kappa shape index (κ2) is 7.18. The van der Waals surface area contributed by atoms with Crippen molar-refractivity contribution in [2.45, 2.75) is 33.1 Å². The van der Waals surface area contributed by atoms with Crippen molar-refractivity contribution < 1.29 is 4.74 Å². The van der Waals surface area contributed by atoms with Gasteiger partial charge in [0.25, 0.3) is 0 Å². The van der Waals surface area contributed by atoms with E-state index in [-0.39, 0.29) is 0 Å². The summed E-state index contributed by atoms with van der Waals surface area (Å²) in [5.74, 6) is 1.53. The maximum Gasteiger partial charge on any atom is 0.120 e. The number of ether oxygens (including phenoxy) is 1. The Bertz CT molecular complexity index is 328. The Hall–Kier alpha value is -0.210. The molecular weight excluding hydrogens is 287 g/mol. The van der Waals surface area contributed by atoms with Crippen LogP contribution in [0.25, 0.3) is 0 Å². The molecule has 0 aliphatic heterocycles. The van der Waals surface area contributed by atoms with Crippen molar-refractivity contribution in [1.29, 1.82) is 0 Å². The van der Waals surface area contributed by atoms with Crippen LogP contribution in [0.1, 0.15) is 33.1 Å². The van der Waals surface area contributed by atoms with Gasteiger partial charge >= 0.3 is 0 Å². The van der Waals surface area contributed by atoms with Crippen molar-refractivity contribution >= 4 is 27.5 Å². The van der Waals surface area contributed by atoms with Gasteiger partial charge in [0.2, 0.25) is 0 Å². The molecule has 0 saturated carbocycles. The van der Waals surface area contributed by atoms with Crippen LogP contribution in [0.15, 0.2) is 22.7 Å². The molecule has 0 radical (unpaired) electrons. The van der Waals surface area contributed by atoms with Crippen LogP contribution in [0.3, 0.4) is 0 Å². The Kier molecular flexibility index (Phi) is 6.22. The van der Waals surface area contributed by atoms with E-state index >= 15 is 0 Å². The normalized spacial score (nSPS) is 12.5. The minimum Gasteiger partial charge on any atom is -0.493 e. The first-order valence-corrected chi connectivity index (χ1v) is 6.92. The van der Waals surface area contributed by atoms with Crippen molar-refractivity contribution in [2.24, 2.45) is 5.92 Å². The molecule has 0 aliphatic carbocycles. The molecule has 3 heteroatoms. The van der Waals surface area contributed by atoms with E-state index in [1.54, 1.807) is 0 Å². The summed E-state index contributed by atoms with van der Waals surface area (Å²) in [7, 11) is 0. The van der Waals surface area contributed by atoms with E-state index in [4.69, 9.17) is 16.3 Å². The standard InChI is InChI=1S/C13H18BrClO/c1-3-5-10(4-2)9-16-11-6-7-13(15)12(14)8-11/h6-8,10H,3-5,9H2,1-2H3. The highest BCUT2D eigenvalue weighted by Gasteiger charge is 2.06. The monoisotopic (exact) mass is 304 g/mol. The fraction of sp³-hybridized carbons (Fsp3) is 0.538. The predicted molar refractivity (Wildman–Crippen MR) is 73.3 cm³/mol. The van der Waals surface area contributed by atoms with Gasteiger partial charge in [0.05, 0.1) is 11.6 Å². The van der Waals surface area contributed by atoms with Crippen LogP contribution in [0.2, 0.25) is 5.02 Å². The molecule has 1 aromatic carbocycles. The molecule has 0 spiro atoms. The van der Waals surface area contributed by atoms with Crippen LogP contribution in [-0.2, 0) is 0 Å². The lowest BCUT2D eigenvalue weighted by Crippen LogP contribution is -2.10. The highest BCUT2D eigenvalue weighted by atomic mass is 79.9. The van der Waals surface area contributed by atoms with Crippen LogP contribution >= 0.6 is 27.5 Å². The quantitative estimate of drug-likeness (QED) is 0.692. The smallest absolute Gasteiger partial charge is 0.120 e. The second-order valence-corrected chi connectivity index (χ2v) is 5.21. The zero-order valence-corrected chi connectivity index (χ0v) is 12.1. The van der Waals surface area contributed by atoms with Gasteiger partial charge in [0, 0.05) is 4.47 Å². The number of halogens is 2. The molecule has 0 N–H and O–H groups in total. The van der Waals surface area contributed by atoms with Crippen molar-refractivity contribution in [3.05, 3.63) is 27.7 Å². The number of rotatable bonds is 6. The molecule has 0 amide bonds. The van der Waals surface area contributed by atoms with Gasteiger partial charge in [0.15, 0.2) is 0 Å². The van der Waals surface area contributed by atoms with E-state index in [1.807, 2.05) is 18.2 Å². The Morgan fingerprint density at radius 2 is 2.12 bits per heavy atom. The van der Waals surface area contributed by atoms with Gasteiger partial charge in [-0.2, -0.15) is 0 Å². The van der Waals surface area contributed by atoms with Crippen LogP contribution in [0.5, 0.6) is 5.75 Å². The SMILES string of the molecule is CCCC(CC)COc1ccc(Cl)c(Br)c1. The molecule has 16 heavy (non-hydrogen) atoms. The highest BCUT2D eigenvalue weighted by Crippen LogP contribution is 2.27. The first-order chi connectivity index (χ1) is 7.67. The summed E-state index contributed by atoms with van der Waals surface area (Å²) in [4.78, 5) is 0. The van der Waals surface area contributed by atoms with E-state index in [1.165, 1.54) is 19.3 Å². The lowest BCUT2D eigenvalue weighted by Gasteiger charge is -2.15. The summed E-state index contributed by atoms with van der Waals surface area (Å²) in [5, 5.41) is 0.716. The number of hydrogen-bond donors (Lipinski definition) is 0. The molecule has 0 fully saturated rings. The van der Waals surface area contributed by atoms with Gasteiger partial charge in [-0.15, -0.1) is 0 Å². The fourth-order valence-electron chi connectivity index (χ4n) is 1.59. The Balaban J connectivity index is 2.50. The third-order valence-corrected chi connectivity index (χ3v) is 3.86. The minimum absolute atomic E-state index is 0.652. The largest absolute Gasteiger partial charge is 0.493 e. The van der Waals surface area contributed by atoms with Gasteiger partial charge in [0.1, 0.15) is 5.75 Å². The van der Waals surface area contributed by atoms with Gasteiger partial charge < -0.3 is 4.74 Å². The molecule has 0 aromatic heterocycles. The van der Waals surface area contributed by atoms with Crippen molar-refractivity contribution in [3.63, 3.8) is 0 Å². The molecule has 0 aliphatic rings. The number of hydrogen-bond acceptors (Lipinski definition) is 1. The molecule has 1 nitrogen and oxygen atoms in total. The lowest BCUT2D eigenvalue weighted by atomic mass is 10.0. The predicted octanol–water partition coefficient (Wildman–Crippen LogP) is 5.31. The van der Waals surface area contributed by atoms with Crippen LogP contribution in [0.4, 0.5) is 0 Å². The van der Waals surface area contributed by atoms with Crippen LogP contribution in [-0.4, -0.2) is 6.61 Å². The summed E-state index contributed by atoms with van der Waals surface area (Å²) in [5.41, 5.74) is 0. The Morgan fingerprint density at radius 1 is 1.38 bits per heavy atom.